The van der Waals surface area contributed by atoms with Gasteiger partial charge in [0.05, 0.1) is 12.9 Å². The van der Waals surface area contributed by atoms with Gasteiger partial charge < -0.3 is 14.6 Å². The molecule has 1 aromatic heterocycles. The molecule has 2 aromatic rings. The van der Waals surface area contributed by atoms with E-state index in [4.69, 9.17) is 4.74 Å². The van der Waals surface area contributed by atoms with Crippen LogP contribution in [0.25, 0.3) is 11.4 Å². The van der Waals surface area contributed by atoms with Crippen LogP contribution >= 0.6 is 11.8 Å². The summed E-state index contributed by atoms with van der Waals surface area (Å²) in [5.41, 5.74) is 0.966. The first-order valence-corrected chi connectivity index (χ1v) is 10.0. The quantitative estimate of drug-likeness (QED) is 0.786. The van der Waals surface area contributed by atoms with Crippen molar-refractivity contribution >= 4 is 17.7 Å². The molecule has 7 heteroatoms. The van der Waals surface area contributed by atoms with E-state index in [0.717, 1.165) is 28.7 Å². The Morgan fingerprint density at radius 3 is 2.69 bits per heavy atom. The summed E-state index contributed by atoms with van der Waals surface area (Å²) in [6.45, 7) is 2.22. The van der Waals surface area contributed by atoms with Gasteiger partial charge in [-0.1, -0.05) is 31.5 Å². The highest BCUT2D eigenvalue weighted by molar-refractivity contribution is 7.99. The van der Waals surface area contributed by atoms with E-state index in [9.17, 15) is 4.79 Å². The normalized spacial score (nSPS) is 20.0. The van der Waals surface area contributed by atoms with Crippen molar-refractivity contribution < 1.29 is 9.53 Å². The summed E-state index contributed by atoms with van der Waals surface area (Å²) in [5.74, 6) is 2.57. The maximum Gasteiger partial charge on any atom is 0.230 e. The Labute approximate surface area is 158 Å². The molecule has 1 heterocycles. The molecule has 1 aliphatic carbocycles. The Morgan fingerprint density at radius 1 is 1.27 bits per heavy atom. The molecule has 140 valence electrons. The van der Waals surface area contributed by atoms with Gasteiger partial charge >= 0.3 is 0 Å². The monoisotopic (exact) mass is 374 g/mol. The summed E-state index contributed by atoms with van der Waals surface area (Å²) < 4.78 is 7.10. The fourth-order valence-electron chi connectivity index (χ4n) is 3.34. The summed E-state index contributed by atoms with van der Waals surface area (Å²) in [5, 5.41) is 12.4. The number of hydrogen-bond acceptors (Lipinski definition) is 5. The van der Waals surface area contributed by atoms with Gasteiger partial charge in [0, 0.05) is 18.7 Å². The minimum Gasteiger partial charge on any atom is -0.497 e. The number of nitrogens with one attached hydrogen (secondary N) is 1. The molecule has 0 radical (unpaired) electrons. The molecule has 1 aliphatic rings. The average Bonchev–Trinajstić information content (AvgIpc) is 3.02. The molecule has 1 fully saturated rings. The molecule has 1 saturated carbocycles. The third kappa shape index (κ3) is 4.38. The molecular weight excluding hydrogens is 348 g/mol. The maximum atomic E-state index is 12.3. The van der Waals surface area contributed by atoms with E-state index < -0.39 is 0 Å². The number of rotatable bonds is 6. The van der Waals surface area contributed by atoms with Crippen LogP contribution in [-0.4, -0.2) is 39.6 Å². The van der Waals surface area contributed by atoms with E-state index in [1.807, 2.05) is 35.9 Å². The first-order valence-electron chi connectivity index (χ1n) is 9.04. The molecule has 6 nitrogen and oxygen atoms in total. The topological polar surface area (TPSA) is 69.0 Å². The number of amides is 1. The molecule has 0 aliphatic heterocycles. The van der Waals surface area contributed by atoms with Crippen molar-refractivity contribution in [3.8, 4) is 17.1 Å². The van der Waals surface area contributed by atoms with Crippen LogP contribution in [0.4, 0.5) is 0 Å². The van der Waals surface area contributed by atoms with Crippen LogP contribution in [0.1, 0.15) is 32.6 Å². The van der Waals surface area contributed by atoms with E-state index >= 15 is 0 Å². The zero-order chi connectivity index (χ0) is 18.5. The highest BCUT2D eigenvalue weighted by atomic mass is 32.2. The number of ether oxygens (including phenoxy) is 1. The molecule has 3 rings (SSSR count). The van der Waals surface area contributed by atoms with E-state index in [1.165, 1.54) is 31.0 Å². The number of thioether (sulfide) groups is 1. The Hall–Kier alpha value is -2.02. The standard InChI is InChI=1S/C19H26N4O2S/c1-13-6-4-5-7-16(13)20-17(24)12-26-19-22-21-18(23(19)2)14-8-10-15(25-3)11-9-14/h8-11,13,16H,4-7,12H2,1-3H3,(H,20,24)/t13-,16-/m1/s1. The van der Waals surface area contributed by atoms with E-state index in [2.05, 4.69) is 22.4 Å². The van der Waals surface area contributed by atoms with Gasteiger partial charge in [0.25, 0.3) is 0 Å². The second kappa shape index (κ2) is 8.58. The van der Waals surface area contributed by atoms with Crippen molar-refractivity contribution in [3.63, 3.8) is 0 Å². The average molecular weight is 375 g/mol. The fraction of sp³-hybridized carbons (Fsp3) is 0.526. The number of methoxy groups -OCH3 is 1. The zero-order valence-corrected chi connectivity index (χ0v) is 16.4. The Bertz CT molecular complexity index is 744. The van der Waals surface area contributed by atoms with Gasteiger partial charge in [0.2, 0.25) is 5.91 Å². The highest BCUT2D eigenvalue weighted by Crippen LogP contribution is 2.26. The Balaban J connectivity index is 1.58. The third-order valence-electron chi connectivity index (χ3n) is 4.97. The molecular formula is C19H26N4O2S. The van der Waals surface area contributed by atoms with Gasteiger partial charge in [0.1, 0.15) is 5.75 Å². The lowest BCUT2D eigenvalue weighted by atomic mass is 9.86. The molecule has 1 N–H and O–H groups in total. The molecule has 26 heavy (non-hydrogen) atoms. The lowest BCUT2D eigenvalue weighted by Gasteiger charge is -2.29. The van der Waals surface area contributed by atoms with Crippen molar-refractivity contribution in [1.82, 2.24) is 20.1 Å². The number of hydrogen-bond donors (Lipinski definition) is 1. The summed E-state index contributed by atoms with van der Waals surface area (Å²) in [7, 11) is 3.56. The summed E-state index contributed by atoms with van der Waals surface area (Å²) in [4.78, 5) is 12.3. The largest absolute Gasteiger partial charge is 0.497 e. The SMILES string of the molecule is COc1ccc(-c2nnc(SCC(=O)N[C@@H]3CCCC[C@H]3C)n2C)cc1. The summed E-state index contributed by atoms with van der Waals surface area (Å²) >= 11 is 1.42. The van der Waals surface area contributed by atoms with Gasteiger partial charge in [0.15, 0.2) is 11.0 Å². The van der Waals surface area contributed by atoms with Gasteiger partial charge in [-0.3, -0.25) is 4.79 Å². The molecule has 0 saturated heterocycles. The van der Waals surface area contributed by atoms with Crippen LogP contribution in [0.5, 0.6) is 5.75 Å². The molecule has 0 spiro atoms. The smallest absolute Gasteiger partial charge is 0.230 e. The van der Waals surface area contributed by atoms with Crippen molar-refractivity contribution in [2.24, 2.45) is 13.0 Å². The second-order valence-corrected chi connectivity index (χ2v) is 7.76. The molecule has 0 unspecified atom stereocenters. The van der Waals surface area contributed by atoms with Crippen LogP contribution in [-0.2, 0) is 11.8 Å². The van der Waals surface area contributed by atoms with Crippen LogP contribution in [0.2, 0.25) is 0 Å². The van der Waals surface area contributed by atoms with Gasteiger partial charge in [-0.2, -0.15) is 0 Å². The van der Waals surface area contributed by atoms with Crippen molar-refractivity contribution in [2.45, 2.75) is 43.8 Å². The number of nitrogens with zero attached hydrogens (tertiary/aromatic N) is 3. The molecule has 1 aromatic carbocycles. The second-order valence-electron chi connectivity index (χ2n) is 6.82. The number of carbonyl (C=O) groups excluding carboxylic acids is 1. The predicted octanol–water partition coefficient (Wildman–Crippen LogP) is 3.28. The first kappa shape index (κ1) is 18.8. The van der Waals surface area contributed by atoms with Crippen molar-refractivity contribution in [3.05, 3.63) is 24.3 Å². The lowest BCUT2D eigenvalue weighted by Crippen LogP contribution is -2.41. The minimum absolute atomic E-state index is 0.0720. The fourth-order valence-corrected chi connectivity index (χ4v) is 4.06. The van der Waals surface area contributed by atoms with Crippen LogP contribution in [0.3, 0.4) is 0 Å². The van der Waals surface area contributed by atoms with Gasteiger partial charge in [-0.25, -0.2) is 0 Å². The Morgan fingerprint density at radius 2 is 2.00 bits per heavy atom. The van der Waals surface area contributed by atoms with E-state index in [1.54, 1.807) is 7.11 Å². The van der Waals surface area contributed by atoms with Crippen LogP contribution < -0.4 is 10.1 Å². The predicted molar refractivity (Wildman–Crippen MR) is 103 cm³/mol. The minimum atomic E-state index is 0.0720. The maximum absolute atomic E-state index is 12.3. The molecule has 2 atom stereocenters. The van der Waals surface area contributed by atoms with Gasteiger partial charge in [-0.05, 0) is 43.0 Å². The zero-order valence-electron chi connectivity index (χ0n) is 15.6. The van der Waals surface area contributed by atoms with Crippen LogP contribution in [0.15, 0.2) is 29.4 Å². The number of benzene rings is 1. The highest BCUT2D eigenvalue weighted by Gasteiger charge is 2.23. The van der Waals surface area contributed by atoms with E-state index in [-0.39, 0.29) is 5.91 Å². The van der Waals surface area contributed by atoms with Crippen molar-refractivity contribution in [1.29, 1.82) is 0 Å². The number of carbonyl (C=O) groups is 1. The molecule has 1 amide bonds. The van der Waals surface area contributed by atoms with Crippen LogP contribution in [0, 0.1) is 5.92 Å². The first-order chi connectivity index (χ1) is 12.6. The molecule has 0 bridgehead atoms. The summed E-state index contributed by atoms with van der Waals surface area (Å²) in [6.07, 6.45) is 4.77. The Kier molecular flexibility index (Phi) is 6.19. The third-order valence-corrected chi connectivity index (χ3v) is 5.99. The van der Waals surface area contributed by atoms with E-state index in [0.29, 0.717) is 17.7 Å². The van der Waals surface area contributed by atoms with Gasteiger partial charge in [-0.15, -0.1) is 10.2 Å². The van der Waals surface area contributed by atoms with Crippen molar-refractivity contribution in [2.75, 3.05) is 12.9 Å². The number of aromatic nitrogens is 3. The lowest BCUT2D eigenvalue weighted by molar-refractivity contribution is -0.119. The summed E-state index contributed by atoms with van der Waals surface area (Å²) in [6, 6.07) is 8.01.